The summed E-state index contributed by atoms with van der Waals surface area (Å²) in [5.74, 6) is 7.77. The highest BCUT2D eigenvalue weighted by Gasteiger charge is 2.27. The van der Waals surface area contributed by atoms with Crippen LogP contribution in [-0.2, 0) is 24.3 Å². The number of hydrogen-bond acceptors (Lipinski definition) is 6. The van der Waals surface area contributed by atoms with Crippen LogP contribution in [0.1, 0.15) is 106 Å². The molecule has 0 aliphatic carbocycles. The van der Waals surface area contributed by atoms with Crippen molar-refractivity contribution >= 4 is 10.1 Å². The number of ether oxygens (including phenoxy) is 3. The molecule has 2 unspecified atom stereocenters. The van der Waals surface area contributed by atoms with E-state index in [1.54, 1.807) is 0 Å². The van der Waals surface area contributed by atoms with Gasteiger partial charge in [-0.25, -0.2) is 8.42 Å². The van der Waals surface area contributed by atoms with E-state index in [9.17, 15) is 13.0 Å². The van der Waals surface area contributed by atoms with E-state index in [-0.39, 0.29) is 11.2 Å². The molecule has 0 heterocycles. The summed E-state index contributed by atoms with van der Waals surface area (Å²) in [4.78, 5) is 0. The highest BCUT2D eigenvalue weighted by Crippen LogP contribution is 2.32. The number of hydrogen-bond donors (Lipinski definition) is 0. The summed E-state index contributed by atoms with van der Waals surface area (Å²) >= 11 is 0. The van der Waals surface area contributed by atoms with Gasteiger partial charge >= 0.3 is 0 Å². The maximum absolute atomic E-state index is 10.6. The molecule has 0 N–H and O–H groups in total. The van der Waals surface area contributed by atoms with Crippen LogP contribution in [0.25, 0.3) is 0 Å². The Morgan fingerprint density at radius 3 is 1.91 bits per heavy atom. The van der Waals surface area contributed by atoms with E-state index in [2.05, 4.69) is 60.3 Å². The first-order valence-electron chi connectivity index (χ1n) is 13.6. The molecule has 0 amide bonds. The third-order valence-electron chi connectivity index (χ3n) is 5.78. The summed E-state index contributed by atoms with van der Waals surface area (Å²) < 4.78 is 49.5. The molecule has 35 heavy (non-hydrogen) atoms. The lowest BCUT2D eigenvalue weighted by atomic mass is 9.78. The van der Waals surface area contributed by atoms with E-state index in [4.69, 9.17) is 14.2 Å². The van der Waals surface area contributed by atoms with Crippen molar-refractivity contribution < 1.29 is 27.2 Å². The second-order valence-electron chi connectivity index (χ2n) is 11.1. The van der Waals surface area contributed by atoms with Crippen molar-refractivity contribution in [2.45, 2.75) is 112 Å². The van der Waals surface area contributed by atoms with Gasteiger partial charge in [0.15, 0.2) is 0 Å². The lowest BCUT2D eigenvalue weighted by Gasteiger charge is -2.29. The van der Waals surface area contributed by atoms with Gasteiger partial charge in [0.1, 0.15) is 5.60 Å². The van der Waals surface area contributed by atoms with E-state index in [1.165, 1.54) is 12.8 Å². The summed E-state index contributed by atoms with van der Waals surface area (Å²) in [7, 11) is -4.14. The Morgan fingerprint density at radius 2 is 1.34 bits per heavy atom. The minimum atomic E-state index is -4.14. The number of rotatable bonds is 21. The van der Waals surface area contributed by atoms with Crippen LogP contribution in [-0.4, -0.2) is 57.4 Å². The van der Waals surface area contributed by atoms with Crippen LogP contribution in [0.2, 0.25) is 0 Å². The first-order valence-corrected chi connectivity index (χ1v) is 15.2. The zero-order chi connectivity index (χ0) is 26.8. The van der Waals surface area contributed by atoms with Gasteiger partial charge in [-0.2, -0.15) is 0 Å². The minimum absolute atomic E-state index is 0.0824. The quantitative estimate of drug-likeness (QED) is 0.102. The van der Waals surface area contributed by atoms with Gasteiger partial charge in [-0.15, -0.1) is 0 Å². The molecule has 0 rings (SSSR count). The summed E-state index contributed by atoms with van der Waals surface area (Å²) in [6, 6.07) is 0. The van der Waals surface area contributed by atoms with Crippen LogP contribution in [0, 0.1) is 29.1 Å². The van der Waals surface area contributed by atoms with E-state index in [0.29, 0.717) is 44.5 Å². The van der Waals surface area contributed by atoms with E-state index < -0.39 is 15.7 Å². The summed E-state index contributed by atoms with van der Waals surface area (Å²) in [6.45, 7) is 18.3. The molecule has 2 atom stereocenters. The van der Waals surface area contributed by atoms with Crippen molar-refractivity contribution in [3.8, 4) is 11.8 Å². The molecule has 0 aliphatic rings. The summed E-state index contributed by atoms with van der Waals surface area (Å²) in [5, 5.41) is 0. The molecule has 0 radical (unpaired) electrons. The van der Waals surface area contributed by atoms with Gasteiger partial charge in [0.05, 0.1) is 23.3 Å². The largest absolute Gasteiger partial charge is 0.748 e. The van der Waals surface area contributed by atoms with Gasteiger partial charge in [0, 0.05) is 31.0 Å². The van der Waals surface area contributed by atoms with Crippen molar-refractivity contribution in [1.82, 2.24) is 0 Å². The Bertz CT molecular complexity index is 694. The molecule has 0 saturated carbocycles. The second-order valence-corrected chi connectivity index (χ2v) is 12.6. The maximum Gasteiger partial charge on any atom is 0.126 e. The monoisotopic (exact) mass is 517 g/mol. The molecular weight excluding hydrogens is 464 g/mol. The van der Waals surface area contributed by atoms with Crippen molar-refractivity contribution in [2.24, 2.45) is 17.3 Å². The fourth-order valence-corrected chi connectivity index (χ4v) is 4.91. The first kappa shape index (κ1) is 34.4. The molecule has 0 aromatic rings. The average Bonchev–Trinajstić information content (AvgIpc) is 2.72. The Morgan fingerprint density at radius 1 is 0.771 bits per heavy atom. The van der Waals surface area contributed by atoms with Crippen LogP contribution in [0.3, 0.4) is 0 Å². The van der Waals surface area contributed by atoms with Crippen LogP contribution in [0.4, 0.5) is 0 Å². The smallest absolute Gasteiger partial charge is 0.126 e. The van der Waals surface area contributed by atoms with Gasteiger partial charge in [0.25, 0.3) is 0 Å². The van der Waals surface area contributed by atoms with Gasteiger partial charge in [-0.3, -0.25) is 0 Å². The Kier molecular flexibility index (Phi) is 18.2. The van der Waals surface area contributed by atoms with Crippen molar-refractivity contribution in [3.63, 3.8) is 0 Å². The third-order valence-corrected chi connectivity index (χ3v) is 6.56. The Hall–Kier alpha value is -0.650. The van der Waals surface area contributed by atoms with E-state index in [0.717, 1.165) is 45.3 Å². The summed E-state index contributed by atoms with van der Waals surface area (Å²) in [5.41, 5.74) is -0.635. The van der Waals surface area contributed by atoms with Crippen LogP contribution in [0.5, 0.6) is 0 Å². The third kappa shape index (κ3) is 21.2. The maximum atomic E-state index is 10.6. The summed E-state index contributed by atoms with van der Waals surface area (Å²) in [6.07, 6.45) is 8.32. The van der Waals surface area contributed by atoms with Crippen LogP contribution in [0.15, 0.2) is 0 Å². The molecule has 0 saturated heterocycles. The van der Waals surface area contributed by atoms with E-state index >= 15 is 0 Å². The molecular formula is C28H53O6S-. The molecule has 208 valence electrons. The van der Waals surface area contributed by atoms with Crippen LogP contribution >= 0.6 is 0 Å². The van der Waals surface area contributed by atoms with Gasteiger partial charge in [0.2, 0.25) is 0 Å². The predicted molar refractivity (Wildman–Crippen MR) is 143 cm³/mol. The Labute approximate surface area is 217 Å². The zero-order valence-electron chi connectivity index (χ0n) is 23.6. The first-order chi connectivity index (χ1) is 16.3. The predicted octanol–water partition coefficient (Wildman–Crippen LogP) is 6.19. The SMILES string of the molecule is CCCCCOCCCC(C)(C#CC(C)(CC(C)C)OCCOCCCCS(=O)(=O)[O-])CC(C)C. The highest BCUT2D eigenvalue weighted by atomic mass is 32.2. The fraction of sp³-hybridized carbons (Fsp3) is 0.929. The Balaban J connectivity index is 4.83. The standard InChI is InChI=1S/C28H54O6S/c1-8-9-10-17-32-19-13-14-27(6,23-25(2)3)15-16-28(7,24-26(4)5)34-21-20-33-18-11-12-22-35(29,30)31/h25-26H,8-14,17-24H2,1-7H3,(H,29,30,31)/p-1. The van der Waals surface area contributed by atoms with Gasteiger partial charge < -0.3 is 18.8 Å². The van der Waals surface area contributed by atoms with Crippen molar-refractivity contribution in [1.29, 1.82) is 0 Å². The molecule has 6 nitrogen and oxygen atoms in total. The second kappa shape index (κ2) is 18.6. The molecule has 0 fully saturated rings. The van der Waals surface area contributed by atoms with Crippen molar-refractivity contribution in [2.75, 3.05) is 38.8 Å². The minimum Gasteiger partial charge on any atom is -0.748 e. The molecule has 0 bridgehead atoms. The lowest BCUT2D eigenvalue weighted by molar-refractivity contribution is -0.0332. The zero-order valence-corrected chi connectivity index (χ0v) is 24.4. The van der Waals surface area contributed by atoms with Gasteiger partial charge in [-0.1, -0.05) is 59.3 Å². The van der Waals surface area contributed by atoms with Crippen LogP contribution < -0.4 is 0 Å². The fourth-order valence-electron chi connectivity index (χ4n) is 4.36. The highest BCUT2D eigenvalue weighted by molar-refractivity contribution is 7.85. The molecule has 0 spiro atoms. The average molecular weight is 518 g/mol. The topological polar surface area (TPSA) is 84.9 Å². The lowest BCUT2D eigenvalue weighted by Crippen LogP contribution is -2.31. The normalized spacial score (nSPS) is 15.6. The number of unbranched alkanes of at least 4 members (excludes halogenated alkanes) is 3. The molecule has 0 aliphatic heterocycles. The molecule has 7 heteroatoms. The molecule has 0 aromatic heterocycles. The van der Waals surface area contributed by atoms with Crippen molar-refractivity contribution in [3.05, 3.63) is 0 Å². The van der Waals surface area contributed by atoms with Gasteiger partial charge in [-0.05, 0) is 70.6 Å². The van der Waals surface area contributed by atoms with E-state index in [1.807, 2.05) is 0 Å². The molecule has 0 aromatic carbocycles.